The fraction of sp³-hybridized carbons (Fsp3) is 0.391. The number of carbonyl (C=O) groups is 2. The lowest BCUT2D eigenvalue weighted by molar-refractivity contribution is -0.138. The van der Waals surface area contributed by atoms with Crippen LogP contribution in [0.1, 0.15) is 37.8 Å². The molecule has 0 saturated heterocycles. The summed E-state index contributed by atoms with van der Waals surface area (Å²) in [7, 11) is 0. The summed E-state index contributed by atoms with van der Waals surface area (Å²) in [4.78, 5) is 28.3. The van der Waals surface area contributed by atoms with Gasteiger partial charge in [-0.1, -0.05) is 60.3 Å². The number of unbranched alkanes of at least 4 members (excludes halogenated alkanes) is 1. The van der Waals surface area contributed by atoms with Gasteiger partial charge in [-0.2, -0.15) is 0 Å². The van der Waals surface area contributed by atoms with E-state index in [1.165, 1.54) is 17.3 Å². The van der Waals surface area contributed by atoms with E-state index in [0.29, 0.717) is 16.6 Å². The monoisotopic (exact) mass is 466 g/mol. The summed E-state index contributed by atoms with van der Waals surface area (Å²) in [5.74, 6) is -0.0151. The van der Waals surface area contributed by atoms with Crippen molar-refractivity contribution in [1.82, 2.24) is 10.2 Å². The summed E-state index contributed by atoms with van der Waals surface area (Å²) in [6, 6.07) is 12.7. The average molecular weight is 467 g/mol. The van der Waals surface area contributed by atoms with Crippen LogP contribution in [-0.4, -0.2) is 35.1 Å². The van der Waals surface area contributed by atoms with Gasteiger partial charge in [-0.15, -0.1) is 11.8 Å². The van der Waals surface area contributed by atoms with Crippen LogP contribution in [0.3, 0.4) is 0 Å². The molecular formula is C23H28Cl2N2O2S. The van der Waals surface area contributed by atoms with Crippen molar-refractivity contribution in [1.29, 1.82) is 0 Å². The lowest BCUT2D eigenvalue weighted by atomic mass is 10.1. The molecule has 0 heterocycles. The van der Waals surface area contributed by atoms with E-state index in [1.807, 2.05) is 37.3 Å². The molecule has 30 heavy (non-hydrogen) atoms. The number of amides is 2. The molecule has 7 heteroatoms. The molecule has 0 aliphatic heterocycles. The van der Waals surface area contributed by atoms with E-state index in [4.69, 9.17) is 23.2 Å². The van der Waals surface area contributed by atoms with E-state index in [-0.39, 0.29) is 24.1 Å². The number of aryl methyl sites for hydroxylation is 1. The second-order valence-corrected chi connectivity index (χ2v) is 9.06. The Morgan fingerprint density at radius 3 is 2.43 bits per heavy atom. The maximum atomic E-state index is 13.1. The molecule has 1 N–H and O–H groups in total. The van der Waals surface area contributed by atoms with E-state index >= 15 is 0 Å². The van der Waals surface area contributed by atoms with Crippen molar-refractivity contribution in [2.45, 2.75) is 51.1 Å². The number of rotatable bonds is 10. The molecule has 2 aromatic rings. The predicted octanol–water partition coefficient (Wildman–Crippen LogP) is 5.73. The van der Waals surface area contributed by atoms with Gasteiger partial charge in [0.1, 0.15) is 6.04 Å². The molecule has 162 valence electrons. The third-order valence-electron chi connectivity index (χ3n) is 4.72. The maximum Gasteiger partial charge on any atom is 0.242 e. The van der Waals surface area contributed by atoms with Crippen LogP contribution in [0.15, 0.2) is 47.4 Å². The first-order valence-corrected chi connectivity index (χ1v) is 11.8. The molecule has 2 aromatic carbocycles. The molecular weight excluding hydrogens is 439 g/mol. The van der Waals surface area contributed by atoms with Crippen molar-refractivity contribution in [2.75, 3.05) is 12.3 Å². The van der Waals surface area contributed by atoms with Crippen molar-refractivity contribution in [3.63, 3.8) is 0 Å². The summed E-state index contributed by atoms with van der Waals surface area (Å²) >= 11 is 13.6. The second-order valence-electron chi connectivity index (χ2n) is 7.19. The highest BCUT2D eigenvalue weighted by Crippen LogP contribution is 2.25. The number of nitrogens with one attached hydrogen (secondary N) is 1. The Labute approximate surface area is 193 Å². The van der Waals surface area contributed by atoms with Crippen LogP contribution in [0.25, 0.3) is 0 Å². The van der Waals surface area contributed by atoms with Crippen LogP contribution in [0.4, 0.5) is 0 Å². The van der Waals surface area contributed by atoms with E-state index < -0.39 is 6.04 Å². The quantitative estimate of drug-likeness (QED) is 0.359. The molecule has 0 aliphatic rings. The van der Waals surface area contributed by atoms with Gasteiger partial charge in [0.05, 0.1) is 15.8 Å². The first-order valence-electron chi connectivity index (χ1n) is 10.0. The smallest absolute Gasteiger partial charge is 0.242 e. The number of carbonyl (C=O) groups excluding carboxylic acids is 2. The Hall–Kier alpha value is -1.69. The average Bonchev–Trinajstić information content (AvgIpc) is 2.73. The van der Waals surface area contributed by atoms with Gasteiger partial charge in [-0.3, -0.25) is 9.59 Å². The number of hydrogen-bond donors (Lipinski definition) is 1. The predicted molar refractivity (Wildman–Crippen MR) is 126 cm³/mol. The highest BCUT2D eigenvalue weighted by molar-refractivity contribution is 8.00. The molecule has 0 fully saturated rings. The van der Waals surface area contributed by atoms with Gasteiger partial charge < -0.3 is 10.2 Å². The van der Waals surface area contributed by atoms with Crippen LogP contribution in [-0.2, 0) is 16.1 Å². The highest BCUT2D eigenvalue weighted by atomic mass is 35.5. The van der Waals surface area contributed by atoms with Gasteiger partial charge in [0, 0.05) is 18.0 Å². The molecule has 2 rings (SSSR count). The van der Waals surface area contributed by atoms with Crippen LogP contribution in [0, 0.1) is 6.92 Å². The third kappa shape index (κ3) is 7.53. The van der Waals surface area contributed by atoms with Crippen LogP contribution in [0.2, 0.25) is 10.0 Å². The standard InChI is InChI=1S/C23H28Cl2N2O2S/c1-4-5-12-26-23(29)17(3)27(14-18-8-11-20(24)21(25)13-18)22(28)15-30-19-9-6-16(2)7-10-19/h6-11,13,17H,4-5,12,14-15H2,1-3H3,(H,26,29)/t17-/m0/s1. The Balaban J connectivity index is 2.13. The first-order chi connectivity index (χ1) is 14.3. The summed E-state index contributed by atoms with van der Waals surface area (Å²) in [5, 5.41) is 3.80. The van der Waals surface area contributed by atoms with E-state index in [9.17, 15) is 9.59 Å². The summed E-state index contributed by atoms with van der Waals surface area (Å²) in [6.07, 6.45) is 1.90. The zero-order valence-corrected chi connectivity index (χ0v) is 19.9. The molecule has 0 unspecified atom stereocenters. The molecule has 0 aromatic heterocycles. The van der Waals surface area contributed by atoms with Crippen molar-refractivity contribution >= 4 is 46.8 Å². The Kier molecular flexibility index (Phi) is 10.0. The fourth-order valence-electron chi connectivity index (χ4n) is 2.82. The number of nitrogens with zero attached hydrogens (tertiary/aromatic N) is 1. The van der Waals surface area contributed by atoms with Crippen LogP contribution >= 0.6 is 35.0 Å². The summed E-state index contributed by atoms with van der Waals surface area (Å²) in [5.41, 5.74) is 2.00. The Morgan fingerprint density at radius 2 is 1.80 bits per heavy atom. The van der Waals surface area contributed by atoms with Crippen molar-refractivity contribution in [3.05, 3.63) is 63.6 Å². The Morgan fingerprint density at radius 1 is 1.10 bits per heavy atom. The van der Waals surface area contributed by atoms with Gasteiger partial charge in [0.2, 0.25) is 11.8 Å². The van der Waals surface area contributed by atoms with Gasteiger partial charge >= 0.3 is 0 Å². The van der Waals surface area contributed by atoms with E-state index in [0.717, 1.165) is 23.3 Å². The van der Waals surface area contributed by atoms with Gasteiger partial charge in [0.15, 0.2) is 0 Å². The van der Waals surface area contributed by atoms with Crippen LogP contribution in [0.5, 0.6) is 0 Å². The highest BCUT2D eigenvalue weighted by Gasteiger charge is 2.26. The minimum Gasteiger partial charge on any atom is -0.354 e. The van der Waals surface area contributed by atoms with Crippen molar-refractivity contribution in [3.8, 4) is 0 Å². The van der Waals surface area contributed by atoms with Gasteiger partial charge in [0.25, 0.3) is 0 Å². The van der Waals surface area contributed by atoms with Crippen molar-refractivity contribution < 1.29 is 9.59 Å². The molecule has 0 radical (unpaired) electrons. The minimum atomic E-state index is -0.595. The minimum absolute atomic E-state index is 0.107. The van der Waals surface area contributed by atoms with Crippen LogP contribution < -0.4 is 5.32 Å². The number of thioether (sulfide) groups is 1. The Bertz CT molecular complexity index is 859. The summed E-state index contributed by atoms with van der Waals surface area (Å²) in [6.45, 7) is 6.74. The largest absolute Gasteiger partial charge is 0.354 e. The second kappa shape index (κ2) is 12.2. The van der Waals surface area contributed by atoms with Gasteiger partial charge in [-0.05, 0) is 50.1 Å². The SMILES string of the molecule is CCCCNC(=O)[C@H](C)N(Cc1ccc(Cl)c(Cl)c1)C(=O)CSc1ccc(C)cc1. The van der Waals surface area contributed by atoms with Crippen molar-refractivity contribution in [2.24, 2.45) is 0 Å². The molecule has 4 nitrogen and oxygen atoms in total. The molecule has 0 bridgehead atoms. The normalized spacial score (nSPS) is 11.8. The molecule has 2 amide bonds. The lowest BCUT2D eigenvalue weighted by Gasteiger charge is -2.29. The molecule has 0 spiro atoms. The van der Waals surface area contributed by atoms with E-state index in [2.05, 4.69) is 12.2 Å². The zero-order valence-electron chi connectivity index (χ0n) is 17.6. The molecule has 0 saturated carbocycles. The lowest BCUT2D eigenvalue weighted by Crippen LogP contribution is -2.48. The first kappa shape index (κ1) is 24.6. The maximum absolute atomic E-state index is 13.1. The summed E-state index contributed by atoms with van der Waals surface area (Å²) < 4.78 is 0. The van der Waals surface area contributed by atoms with Gasteiger partial charge in [-0.25, -0.2) is 0 Å². The number of benzene rings is 2. The number of hydrogen-bond acceptors (Lipinski definition) is 3. The molecule has 0 aliphatic carbocycles. The topological polar surface area (TPSA) is 49.4 Å². The fourth-order valence-corrected chi connectivity index (χ4v) is 3.92. The van der Waals surface area contributed by atoms with E-state index in [1.54, 1.807) is 24.0 Å². The molecule has 1 atom stereocenters. The number of halogens is 2. The third-order valence-corrected chi connectivity index (χ3v) is 6.45. The zero-order chi connectivity index (χ0) is 22.1.